The van der Waals surface area contributed by atoms with E-state index in [4.69, 9.17) is 14.8 Å². The molecule has 0 saturated heterocycles. The predicted octanol–water partition coefficient (Wildman–Crippen LogP) is 9.61. The summed E-state index contributed by atoms with van der Waals surface area (Å²) in [5.74, 6) is -0.212. The van der Waals surface area contributed by atoms with Crippen LogP contribution in [0.1, 0.15) is 162 Å². The molecule has 8 nitrogen and oxygen atoms in total. The van der Waals surface area contributed by atoms with Crippen molar-refractivity contribution in [1.82, 2.24) is 5.32 Å². The van der Waals surface area contributed by atoms with Crippen molar-refractivity contribution in [2.45, 2.75) is 174 Å². The molecular formula is C37H71N2O6P. The fourth-order valence-electron chi connectivity index (χ4n) is 5.10. The summed E-state index contributed by atoms with van der Waals surface area (Å²) in [6, 6.07) is -0.878. The Labute approximate surface area is 282 Å². The summed E-state index contributed by atoms with van der Waals surface area (Å²) in [4.78, 5) is 22.5. The first-order chi connectivity index (χ1) is 22.4. The predicted molar refractivity (Wildman–Crippen MR) is 194 cm³/mol. The van der Waals surface area contributed by atoms with Gasteiger partial charge in [-0.05, 0) is 44.9 Å². The minimum absolute atomic E-state index is 0.0722. The summed E-state index contributed by atoms with van der Waals surface area (Å²) in [6.45, 7) is 4.06. The van der Waals surface area contributed by atoms with Gasteiger partial charge in [-0.25, -0.2) is 4.57 Å². The molecule has 0 aromatic carbocycles. The summed E-state index contributed by atoms with van der Waals surface area (Å²) < 4.78 is 22.0. The zero-order valence-corrected chi connectivity index (χ0v) is 30.4. The van der Waals surface area contributed by atoms with Crippen LogP contribution in [0, 0.1) is 0 Å². The molecule has 0 bridgehead atoms. The van der Waals surface area contributed by atoms with Crippen LogP contribution in [0.3, 0.4) is 0 Å². The van der Waals surface area contributed by atoms with Crippen LogP contribution in [0.4, 0.5) is 0 Å². The number of carbonyl (C=O) groups excluding carboxylic acids is 1. The number of phosphoric ester groups is 1. The summed E-state index contributed by atoms with van der Waals surface area (Å²) in [7, 11) is -4.34. The number of nitrogens with one attached hydrogen (secondary N) is 1. The number of unbranched alkanes of at least 4 members (excludes halogenated alkanes) is 18. The van der Waals surface area contributed by atoms with Crippen molar-refractivity contribution in [3.05, 3.63) is 36.5 Å². The highest BCUT2D eigenvalue weighted by Crippen LogP contribution is 2.43. The second kappa shape index (κ2) is 33.6. The standard InChI is InChI=1S/C37H71N2O6P/c1-3-5-7-9-11-13-15-16-17-18-19-20-21-22-24-26-28-30-36(40)35(34-45-46(42,43)44-33-32-38)39-37(41)31-29-27-25-23-14-12-10-8-6-4-2/h17-18,21-22,28,30,35-36,40H,3-16,19-20,23-27,29,31-34,38H2,1-2H3,(H,39,41)(H,42,43)/b18-17+,22-21+,30-28+. The zero-order valence-electron chi connectivity index (χ0n) is 29.6. The van der Waals surface area contributed by atoms with E-state index in [1.807, 2.05) is 6.08 Å². The van der Waals surface area contributed by atoms with Crippen LogP contribution in [0.15, 0.2) is 36.5 Å². The van der Waals surface area contributed by atoms with Gasteiger partial charge >= 0.3 is 7.82 Å². The van der Waals surface area contributed by atoms with Crippen LogP contribution in [0.2, 0.25) is 0 Å². The SMILES string of the molecule is CCCCCCCCC/C=C/CC/C=C/CC/C=C/C(O)C(COP(=O)(O)OCCN)NC(=O)CCCCCCCCCCCC. The number of allylic oxidation sites excluding steroid dienone is 5. The quantitative estimate of drug-likeness (QED) is 0.0305. The monoisotopic (exact) mass is 671 g/mol. The highest BCUT2D eigenvalue weighted by molar-refractivity contribution is 7.47. The van der Waals surface area contributed by atoms with Crippen molar-refractivity contribution in [2.75, 3.05) is 19.8 Å². The highest BCUT2D eigenvalue weighted by Gasteiger charge is 2.26. The van der Waals surface area contributed by atoms with E-state index in [0.29, 0.717) is 6.42 Å². The Kier molecular flexibility index (Phi) is 32.7. The van der Waals surface area contributed by atoms with Crippen molar-refractivity contribution in [1.29, 1.82) is 0 Å². The minimum Gasteiger partial charge on any atom is -0.387 e. The Morgan fingerprint density at radius 2 is 1.15 bits per heavy atom. The second-order valence-corrected chi connectivity index (χ2v) is 13.9. The minimum atomic E-state index is -4.34. The number of nitrogens with two attached hydrogens (primary N) is 1. The normalized spacial score (nSPS) is 14.8. The molecule has 0 aliphatic heterocycles. The fraction of sp³-hybridized carbons (Fsp3) is 0.811. The number of carbonyl (C=O) groups is 1. The number of aliphatic hydroxyl groups excluding tert-OH is 1. The lowest BCUT2D eigenvalue weighted by atomic mass is 10.1. The lowest BCUT2D eigenvalue weighted by Gasteiger charge is -2.23. The van der Waals surface area contributed by atoms with E-state index in [9.17, 15) is 19.4 Å². The molecule has 0 aromatic rings. The Morgan fingerprint density at radius 3 is 1.67 bits per heavy atom. The van der Waals surface area contributed by atoms with Gasteiger partial charge in [0, 0.05) is 13.0 Å². The lowest BCUT2D eigenvalue weighted by molar-refractivity contribution is -0.123. The van der Waals surface area contributed by atoms with E-state index >= 15 is 0 Å². The van der Waals surface area contributed by atoms with Crippen LogP contribution >= 0.6 is 7.82 Å². The van der Waals surface area contributed by atoms with Crippen LogP contribution in [0.5, 0.6) is 0 Å². The Morgan fingerprint density at radius 1 is 0.696 bits per heavy atom. The number of hydrogen-bond acceptors (Lipinski definition) is 6. The number of rotatable bonds is 34. The second-order valence-electron chi connectivity index (χ2n) is 12.4. The first kappa shape index (κ1) is 44.7. The molecule has 0 spiro atoms. The third kappa shape index (κ3) is 31.3. The maximum absolute atomic E-state index is 12.6. The summed E-state index contributed by atoms with van der Waals surface area (Å²) in [6.07, 6.45) is 37.6. The molecule has 270 valence electrons. The summed E-state index contributed by atoms with van der Waals surface area (Å²) in [5, 5.41) is 13.5. The van der Waals surface area contributed by atoms with Gasteiger partial charge in [0.15, 0.2) is 0 Å². The number of phosphoric acid groups is 1. The third-order valence-electron chi connectivity index (χ3n) is 7.95. The number of amides is 1. The van der Waals surface area contributed by atoms with Crippen LogP contribution in [-0.2, 0) is 18.4 Å². The average molecular weight is 671 g/mol. The smallest absolute Gasteiger partial charge is 0.387 e. The van der Waals surface area contributed by atoms with E-state index in [-0.39, 0.29) is 25.7 Å². The van der Waals surface area contributed by atoms with Crippen LogP contribution in [0.25, 0.3) is 0 Å². The fourth-order valence-corrected chi connectivity index (χ4v) is 5.86. The third-order valence-corrected chi connectivity index (χ3v) is 8.93. The molecule has 0 rings (SSSR count). The summed E-state index contributed by atoms with van der Waals surface area (Å²) >= 11 is 0. The highest BCUT2D eigenvalue weighted by atomic mass is 31.2. The van der Waals surface area contributed by atoms with Crippen molar-refractivity contribution in [3.8, 4) is 0 Å². The molecule has 0 saturated carbocycles. The largest absolute Gasteiger partial charge is 0.472 e. The van der Waals surface area contributed by atoms with Gasteiger partial charge in [-0.3, -0.25) is 13.8 Å². The Balaban J connectivity index is 4.40. The van der Waals surface area contributed by atoms with E-state index in [2.05, 4.69) is 43.5 Å². The Bertz CT molecular complexity index is 820. The number of hydrogen-bond donors (Lipinski definition) is 4. The van der Waals surface area contributed by atoms with Gasteiger partial charge in [0.25, 0.3) is 0 Å². The first-order valence-corrected chi connectivity index (χ1v) is 20.1. The molecule has 0 aromatic heterocycles. The van der Waals surface area contributed by atoms with Gasteiger partial charge < -0.3 is 21.1 Å². The van der Waals surface area contributed by atoms with Gasteiger partial charge in [-0.1, -0.05) is 147 Å². The van der Waals surface area contributed by atoms with Crippen LogP contribution < -0.4 is 11.1 Å². The molecule has 0 aliphatic carbocycles. The van der Waals surface area contributed by atoms with E-state index in [1.54, 1.807) is 6.08 Å². The number of aliphatic hydroxyl groups is 1. The molecule has 0 aliphatic rings. The summed E-state index contributed by atoms with van der Waals surface area (Å²) in [5.41, 5.74) is 5.34. The molecule has 0 radical (unpaired) electrons. The van der Waals surface area contributed by atoms with E-state index in [0.717, 1.165) is 44.9 Å². The van der Waals surface area contributed by atoms with Crippen molar-refractivity contribution < 1.29 is 28.4 Å². The van der Waals surface area contributed by atoms with E-state index < -0.39 is 20.0 Å². The van der Waals surface area contributed by atoms with Gasteiger partial charge in [-0.15, -0.1) is 0 Å². The lowest BCUT2D eigenvalue weighted by Crippen LogP contribution is -2.45. The zero-order chi connectivity index (χ0) is 34.0. The molecule has 3 atom stereocenters. The Hall–Kier alpha value is -1.28. The molecule has 5 N–H and O–H groups in total. The topological polar surface area (TPSA) is 131 Å². The molecule has 46 heavy (non-hydrogen) atoms. The molecule has 1 amide bonds. The molecule has 0 fully saturated rings. The maximum Gasteiger partial charge on any atom is 0.472 e. The van der Waals surface area contributed by atoms with Gasteiger partial charge in [0.2, 0.25) is 5.91 Å². The maximum atomic E-state index is 12.6. The molecule has 9 heteroatoms. The van der Waals surface area contributed by atoms with Gasteiger partial charge in [-0.2, -0.15) is 0 Å². The molecule has 0 heterocycles. The molecule has 3 unspecified atom stereocenters. The first-order valence-electron chi connectivity index (χ1n) is 18.6. The molecular weight excluding hydrogens is 599 g/mol. The van der Waals surface area contributed by atoms with Crippen LogP contribution in [-0.4, -0.2) is 47.8 Å². The van der Waals surface area contributed by atoms with Crippen molar-refractivity contribution in [2.24, 2.45) is 5.73 Å². The van der Waals surface area contributed by atoms with Gasteiger partial charge in [0.1, 0.15) is 0 Å². The average Bonchev–Trinajstić information content (AvgIpc) is 3.04. The van der Waals surface area contributed by atoms with Crippen molar-refractivity contribution >= 4 is 13.7 Å². The van der Waals surface area contributed by atoms with Gasteiger partial charge in [0.05, 0.1) is 25.4 Å². The van der Waals surface area contributed by atoms with E-state index in [1.165, 1.54) is 96.3 Å². The van der Waals surface area contributed by atoms with Crippen molar-refractivity contribution in [3.63, 3.8) is 0 Å².